The van der Waals surface area contributed by atoms with Gasteiger partial charge in [-0.25, -0.2) is 4.98 Å². The summed E-state index contributed by atoms with van der Waals surface area (Å²) in [4.78, 5) is 4.65. The van der Waals surface area contributed by atoms with E-state index in [1.807, 2.05) is 34.8 Å². The third-order valence-electron chi connectivity index (χ3n) is 3.26. The van der Waals surface area contributed by atoms with Gasteiger partial charge in [0.2, 0.25) is 0 Å². The molecule has 0 fully saturated rings. The van der Waals surface area contributed by atoms with Crippen molar-refractivity contribution in [2.24, 2.45) is 0 Å². The second-order valence-electron chi connectivity index (χ2n) is 4.77. The van der Waals surface area contributed by atoms with Crippen LogP contribution < -0.4 is 5.32 Å². The molecule has 2 heterocycles. The first-order valence-corrected chi connectivity index (χ1v) is 7.01. The van der Waals surface area contributed by atoms with Crippen LogP contribution in [0.1, 0.15) is 6.42 Å². The maximum absolute atomic E-state index is 5.07. The van der Waals surface area contributed by atoms with Gasteiger partial charge in [0.15, 0.2) is 5.65 Å². The molecule has 0 bridgehead atoms. The van der Waals surface area contributed by atoms with Gasteiger partial charge in [0.05, 0.1) is 11.9 Å². The minimum Gasteiger partial charge on any atom is -0.385 e. The molecule has 0 aliphatic carbocycles. The summed E-state index contributed by atoms with van der Waals surface area (Å²) in [5, 5.41) is 7.71. The highest BCUT2D eigenvalue weighted by molar-refractivity contribution is 5.66. The Morgan fingerprint density at radius 2 is 2.05 bits per heavy atom. The van der Waals surface area contributed by atoms with Crippen molar-refractivity contribution < 1.29 is 4.74 Å². The molecule has 0 atom stereocenters. The SMILES string of the molecule is COCCCNc1cc(-c2ccccc2)nc2ccnn12. The number of nitrogens with zero attached hydrogens (tertiary/aromatic N) is 3. The van der Waals surface area contributed by atoms with Gasteiger partial charge in [0.25, 0.3) is 0 Å². The number of aromatic nitrogens is 3. The molecular formula is C16H18N4O. The zero-order chi connectivity index (χ0) is 14.5. The summed E-state index contributed by atoms with van der Waals surface area (Å²) < 4.78 is 6.89. The Morgan fingerprint density at radius 3 is 2.86 bits per heavy atom. The summed E-state index contributed by atoms with van der Waals surface area (Å²) in [6.07, 6.45) is 2.71. The van der Waals surface area contributed by atoms with Gasteiger partial charge in [-0.05, 0) is 6.42 Å². The van der Waals surface area contributed by atoms with Crippen LogP contribution in [-0.2, 0) is 4.74 Å². The van der Waals surface area contributed by atoms with Gasteiger partial charge in [-0.15, -0.1) is 0 Å². The van der Waals surface area contributed by atoms with Crippen molar-refractivity contribution in [1.29, 1.82) is 0 Å². The second-order valence-corrected chi connectivity index (χ2v) is 4.77. The molecule has 0 radical (unpaired) electrons. The van der Waals surface area contributed by atoms with Crippen LogP contribution in [0, 0.1) is 0 Å². The molecule has 0 saturated carbocycles. The van der Waals surface area contributed by atoms with Crippen molar-refractivity contribution in [3.8, 4) is 11.3 Å². The van der Waals surface area contributed by atoms with Gasteiger partial charge >= 0.3 is 0 Å². The molecule has 0 aliphatic rings. The number of fused-ring (bicyclic) bond motifs is 1. The van der Waals surface area contributed by atoms with Crippen LogP contribution in [0.5, 0.6) is 0 Å². The highest BCUT2D eigenvalue weighted by atomic mass is 16.5. The Morgan fingerprint density at radius 1 is 1.19 bits per heavy atom. The Labute approximate surface area is 123 Å². The van der Waals surface area contributed by atoms with Crippen LogP contribution in [0.25, 0.3) is 16.9 Å². The molecule has 5 heteroatoms. The van der Waals surface area contributed by atoms with Crippen LogP contribution in [-0.4, -0.2) is 34.9 Å². The fourth-order valence-electron chi connectivity index (χ4n) is 2.23. The van der Waals surface area contributed by atoms with Crippen LogP contribution in [0.15, 0.2) is 48.7 Å². The monoisotopic (exact) mass is 282 g/mol. The third-order valence-corrected chi connectivity index (χ3v) is 3.26. The number of anilines is 1. The van der Waals surface area contributed by atoms with E-state index in [1.165, 1.54) is 0 Å². The summed E-state index contributed by atoms with van der Waals surface area (Å²) in [5.41, 5.74) is 2.88. The maximum Gasteiger partial charge on any atom is 0.157 e. The molecule has 2 aromatic heterocycles. The van der Waals surface area contributed by atoms with E-state index in [-0.39, 0.29) is 0 Å². The Hall–Kier alpha value is -2.40. The van der Waals surface area contributed by atoms with Crippen molar-refractivity contribution in [1.82, 2.24) is 14.6 Å². The summed E-state index contributed by atoms with van der Waals surface area (Å²) in [6.45, 7) is 1.58. The van der Waals surface area contributed by atoms with Gasteiger partial charge in [-0.3, -0.25) is 0 Å². The number of nitrogens with one attached hydrogen (secondary N) is 1. The fraction of sp³-hybridized carbons (Fsp3) is 0.250. The van der Waals surface area contributed by atoms with E-state index in [4.69, 9.17) is 4.74 Å². The highest BCUT2D eigenvalue weighted by Gasteiger charge is 2.07. The lowest BCUT2D eigenvalue weighted by Crippen LogP contribution is -2.09. The van der Waals surface area contributed by atoms with Crippen molar-refractivity contribution in [2.75, 3.05) is 25.6 Å². The van der Waals surface area contributed by atoms with Crippen LogP contribution in [0.3, 0.4) is 0 Å². The van der Waals surface area contributed by atoms with Crippen molar-refractivity contribution in [2.45, 2.75) is 6.42 Å². The lowest BCUT2D eigenvalue weighted by molar-refractivity contribution is 0.197. The van der Waals surface area contributed by atoms with E-state index in [0.29, 0.717) is 0 Å². The molecule has 3 rings (SSSR count). The van der Waals surface area contributed by atoms with E-state index in [2.05, 4.69) is 27.5 Å². The Balaban J connectivity index is 1.92. The number of hydrogen-bond acceptors (Lipinski definition) is 4. The minimum atomic E-state index is 0.742. The molecule has 108 valence electrons. The highest BCUT2D eigenvalue weighted by Crippen LogP contribution is 2.21. The summed E-state index contributed by atoms with van der Waals surface area (Å²) in [7, 11) is 1.71. The third kappa shape index (κ3) is 3.03. The van der Waals surface area contributed by atoms with Crippen LogP contribution in [0.4, 0.5) is 5.82 Å². The molecule has 0 saturated heterocycles. The average molecular weight is 282 g/mol. The summed E-state index contributed by atoms with van der Waals surface area (Å²) in [6, 6.07) is 14.1. The molecule has 1 N–H and O–H groups in total. The number of methoxy groups -OCH3 is 1. The van der Waals surface area contributed by atoms with E-state index < -0.39 is 0 Å². The van der Waals surface area contributed by atoms with Crippen molar-refractivity contribution in [3.05, 3.63) is 48.7 Å². The largest absolute Gasteiger partial charge is 0.385 e. The number of benzene rings is 1. The first-order valence-electron chi connectivity index (χ1n) is 7.01. The van der Waals surface area contributed by atoms with Crippen molar-refractivity contribution >= 4 is 11.5 Å². The van der Waals surface area contributed by atoms with Crippen LogP contribution in [0.2, 0.25) is 0 Å². The quantitative estimate of drug-likeness (QED) is 0.706. The predicted molar refractivity (Wildman–Crippen MR) is 83.4 cm³/mol. The van der Waals surface area contributed by atoms with E-state index in [9.17, 15) is 0 Å². The van der Waals surface area contributed by atoms with Gasteiger partial charge in [0.1, 0.15) is 5.82 Å². The lowest BCUT2D eigenvalue weighted by Gasteiger charge is -2.10. The number of ether oxygens (including phenoxy) is 1. The fourth-order valence-corrected chi connectivity index (χ4v) is 2.23. The van der Waals surface area contributed by atoms with Gasteiger partial charge in [-0.2, -0.15) is 9.61 Å². The van der Waals surface area contributed by atoms with Crippen LogP contribution >= 0.6 is 0 Å². The standard InChI is InChI=1S/C16H18N4O/c1-21-11-5-9-17-16-12-14(13-6-3-2-4-7-13)19-15-8-10-18-20(15)16/h2-4,6-8,10,12,17H,5,9,11H2,1H3. The van der Waals surface area contributed by atoms with E-state index in [0.717, 1.165) is 42.3 Å². The van der Waals surface area contributed by atoms with Crippen molar-refractivity contribution in [3.63, 3.8) is 0 Å². The molecule has 0 unspecified atom stereocenters. The minimum absolute atomic E-state index is 0.742. The molecule has 1 aromatic carbocycles. The smallest absolute Gasteiger partial charge is 0.157 e. The van der Waals surface area contributed by atoms with Gasteiger partial charge < -0.3 is 10.1 Å². The number of hydrogen-bond donors (Lipinski definition) is 1. The van der Waals surface area contributed by atoms with Gasteiger partial charge in [0, 0.05) is 38.0 Å². The lowest BCUT2D eigenvalue weighted by atomic mass is 10.1. The normalized spacial score (nSPS) is 10.9. The summed E-state index contributed by atoms with van der Waals surface area (Å²) >= 11 is 0. The van der Waals surface area contributed by atoms with Gasteiger partial charge in [-0.1, -0.05) is 30.3 Å². The molecule has 5 nitrogen and oxygen atoms in total. The molecule has 3 aromatic rings. The Bertz CT molecular complexity index is 709. The number of rotatable bonds is 6. The average Bonchev–Trinajstić information content (AvgIpc) is 3.01. The predicted octanol–water partition coefficient (Wildman–Crippen LogP) is 2.84. The molecule has 21 heavy (non-hydrogen) atoms. The maximum atomic E-state index is 5.07. The molecule has 0 spiro atoms. The Kier molecular flexibility index (Phi) is 4.12. The second kappa shape index (κ2) is 6.37. The topological polar surface area (TPSA) is 51.5 Å². The first-order chi connectivity index (χ1) is 10.4. The first kappa shape index (κ1) is 13.6. The van der Waals surface area contributed by atoms with E-state index in [1.54, 1.807) is 13.3 Å². The zero-order valence-corrected chi connectivity index (χ0v) is 12.0. The molecular weight excluding hydrogens is 264 g/mol. The summed E-state index contributed by atoms with van der Waals surface area (Å²) in [5.74, 6) is 0.944. The zero-order valence-electron chi connectivity index (χ0n) is 12.0. The molecule has 0 aliphatic heterocycles. The van der Waals surface area contributed by atoms with E-state index >= 15 is 0 Å². The molecule has 0 amide bonds.